The van der Waals surface area contributed by atoms with Crippen LogP contribution < -0.4 is 5.32 Å². The van der Waals surface area contributed by atoms with Crippen LogP contribution in [0.25, 0.3) is 10.9 Å². The highest BCUT2D eigenvalue weighted by atomic mass is 19.1. The zero-order valence-corrected chi connectivity index (χ0v) is 9.20. The lowest BCUT2D eigenvalue weighted by Crippen LogP contribution is -2.12. The number of aromatic amines is 2. The second-order valence-electron chi connectivity index (χ2n) is 3.77. The van der Waals surface area contributed by atoms with Gasteiger partial charge in [0.05, 0.1) is 10.9 Å². The topological polar surface area (TPSA) is 73.6 Å². The molecule has 3 aromatic rings. The summed E-state index contributed by atoms with van der Waals surface area (Å²) in [6.45, 7) is 0. The summed E-state index contributed by atoms with van der Waals surface area (Å²) in [5.41, 5.74) is 0.930. The van der Waals surface area contributed by atoms with E-state index in [-0.39, 0.29) is 17.1 Å². The lowest BCUT2D eigenvalue weighted by Gasteiger charge is -2.00. The number of H-pyrrole nitrogens is 2. The van der Waals surface area contributed by atoms with Gasteiger partial charge in [0.2, 0.25) is 0 Å². The SMILES string of the molecule is O=C(Nc1n[nH]c2cccc(F)c12)c1ccc[nH]1. The van der Waals surface area contributed by atoms with Crippen molar-refractivity contribution in [1.29, 1.82) is 0 Å². The zero-order chi connectivity index (χ0) is 12.5. The Labute approximate surface area is 101 Å². The number of hydrogen-bond donors (Lipinski definition) is 3. The fourth-order valence-corrected chi connectivity index (χ4v) is 1.77. The molecule has 0 atom stereocenters. The molecule has 0 saturated heterocycles. The molecule has 1 aromatic carbocycles. The first-order chi connectivity index (χ1) is 8.75. The number of rotatable bonds is 2. The molecule has 3 N–H and O–H groups in total. The van der Waals surface area contributed by atoms with Gasteiger partial charge in [0.1, 0.15) is 11.5 Å². The fraction of sp³-hybridized carbons (Fsp3) is 0. The van der Waals surface area contributed by atoms with Gasteiger partial charge in [-0.2, -0.15) is 5.10 Å². The normalized spacial score (nSPS) is 10.7. The van der Waals surface area contributed by atoms with Gasteiger partial charge in [0.25, 0.3) is 5.91 Å². The minimum Gasteiger partial charge on any atom is -0.357 e. The smallest absolute Gasteiger partial charge is 0.273 e. The third-order valence-corrected chi connectivity index (χ3v) is 2.61. The van der Waals surface area contributed by atoms with E-state index in [0.717, 1.165) is 0 Å². The summed E-state index contributed by atoms with van der Waals surface area (Å²) < 4.78 is 13.7. The number of carbonyl (C=O) groups excluding carboxylic acids is 1. The third-order valence-electron chi connectivity index (χ3n) is 2.61. The average Bonchev–Trinajstić information content (AvgIpc) is 2.99. The van der Waals surface area contributed by atoms with E-state index in [4.69, 9.17) is 0 Å². The summed E-state index contributed by atoms with van der Waals surface area (Å²) in [5, 5.41) is 9.39. The van der Waals surface area contributed by atoms with E-state index in [1.807, 2.05) is 0 Å². The monoisotopic (exact) mass is 244 g/mol. The van der Waals surface area contributed by atoms with Gasteiger partial charge in [0, 0.05) is 6.20 Å². The Balaban J connectivity index is 1.98. The molecule has 0 unspecified atom stereocenters. The highest BCUT2D eigenvalue weighted by molar-refractivity contribution is 6.06. The summed E-state index contributed by atoms with van der Waals surface area (Å²) in [7, 11) is 0. The van der Waals surface area contributed by atoms with Crippen molar-refractivity contribution >= 4 is 22.6 Å². The molecule has 18 heavy (non-hydrogen) atoms. The predicted molar refractivity (Wildman–Crippen MR) is 64.8 cm³/mol. The largest absolute Gasteiger partial charge is 0.357 e. The van der Waals surface area contributed by atoms with Crippen molar-refractivity contribution in [2.45, 2.75) is 0 Å². The van der Waals surface area contributed by atoms with Crippen LogP contribution in [0.2, 0.25) is 0 Å². The molecule has 0 saturated carbocycles. The Bertz CT molecular complexity index is 702. The quantitative estimate of drug-likeness (QED) is 0.647. The number of carbonyl (C=O) groups is 1. The minimum absolute atomic E-state index is 0.183. The number of benzene rings is 1. The molecule has 3 rings (SSSR count). The molecule has 0 aliphatic rings. The van der Waals surface area contributed by atoms with E-state index in [9.17, 15) is 9.18 Å². The molecule has 0 aliphatic carbocycles. The van der Waals surface area contributed by atoms with Crippen molar-refractivity contribution in [3.05, 3.63) is 48.0 Å². The van der Waals surface area contributed by atoms with Gasteiger partial charge in [-0.15, -0.1) is 0 Å². The maximum atomic E-state index is 13.7. The van der Waals surface area contributed by atoms with Gasteiger partial charge in [-0.3, -0.25) is 9.89 Å². The predicted octanol–water partition coefficient (Wildman–Crippen LogP) is 2.28. The highest BCUT2D eigenvalue weighted by Gasteiger charge is 2.14. The van der Waals surface area contributed by atoms with Gasteiger partial charge in [-0.1, -0.05) is 6.07 Å². The summed E-state index contributed by atoms with van der Waals surface area (Å²) in [6.07, 6.45) is 1.64. The Morgan fingerprint density at radius 1 is 1.28 bits per heavy atom. The highest BCUT2D eigenvalue weighted by Crippen LogP contribution is 2.23. The molecular formula is C12H9FN4O. The van der Waals surface area contributed by atoms with E-state index < -0.39 is 5.82 Å². The first-order valence-electron chi connectivity index (χ1n) is 5.33. The average molecular weight is 244 g/mol. The zero-order valence-electron chi connectivity index (χ0n) is 9.20. The first-order valence-corrected chi connectivity index (χ1v) is 5.33. The molecule has 2 aromatic heterocycles. The van der Waals surface area contributed by atoms with Crippen LogP contribution in [0, 0.1) is 5.82 Å². The van der Waals surface area contributed by atoms with Crippen molar-refractivity contribution in [2.75, 3.05) is 5.32 Å². The second-order valence-corrected chi connectivity index (χ2v) is 3.77. The van der Waals surface area contributed by atoms with E-state index in [2.05, 4.69) is 20.5 Å². The molecule has 2 heterocycles. The summed E-state index contributed by atoms with van der Waals surface area (Å²) in [4.78, 5) is 14.6. The number of amides is 1. The van der Waals surface area contributed by atoms with Crippen LogP contribution >= 0.6 is 0 Å². The molecule has 0 fully saturated rings. The number of halogens is 1. The van der Waals surface area contributed by atoms with Gasteiger partial charge in [-0.25, -0.2) is 4.39 Å². The molecule has 0 radical (unpaired) electrons. The molecular weight excluding hydrogens is 235 g/mol. The van der Waals surface area contributed by atoms with Crippen LogP contribution in [-0.4, -0.2) is 21.1 Å². The van der Waals surface area contributed by atoms with Crippen LogP contribution in [0.15, 0.2) is 36.5 Å². The summed E-state index contributed by atoms with van der Waals surface area (Å²) in [5.74, 6) is -0.609. The molecule has 6 heteroatoms. The third kappa shape index (κ3) is 1.64. The maximum absolute atomic E-state index is 13.7. The minimum atomic E-state index is -0.428. The van der Waals surface area contributed by atoms with E-state index in [1.165, 1.54) is 6.07 Å². The van der Waals surface area contributed by atoms with Gasteiger partial charge < -0.3 is 10.3 Å². The Morgan fingerprint density at radius 3 is 2.94 bits per heavy atom. The number of hydrogen-bond acceptors (Lipinski definition) is 2. The van der Waals surface area contributed by atoms with Gasteiger partial charge in [0.15, 0.2) is 5.82 Å². The van der Waals surface area contributed by atoms with Crippen molar-refractivity contribution in [1.82, 2.24) is 15.2 Å². The molecule has 0 spiro atoms. The van der Waals surface area contributed by atoms with Crippen LogP contribution in [0.1, 0.15) is 10.5 Å². The van der Waals surface area contributed by atoms with Crippen LogP contribution in [0.4, 0.5) is 10.2 Å². The lowest BCUT2D eigenvalue weighted by molar-refractivity contribution is 0.102. The van der Waals surface area contributed by atoms with E-state index in [1.54, 1.807) is 30.5 Å². The summed E-state index contributed by atoms with van der Waals surface area (Å²) in [6, 6.07) is 7.92. The lowest BCUT2D eigenvalue weighted by atomic mass is 10.2. The molecule has 1 amide bonds. The van der Waals surface area contributed by atoms with Crippen LogP contribution in [0.3, 0.4) is 0 Å². The van der Waals surface area contributed by atoms with Crippen molar-refractivity contribution in [3.8, 4) is 0 Å². The van der Waals surface area contributed by atoms with Crippen molar-refractivity contribution in [3.63, 3.8) is 0 Å². The Morgan fingerprint density at radius 2 is 2.17 bits per heavy atom. The molecule has 5 nitrogen and oxygen atoms in total. The summed E-state index contributed by atoms with van der Waals surface area (Å²) >= 11 is 0. The maximum Gasteiger partial charge on any atom is 0.273 e. The first kappa shape index (κ1) is 10.5. The van der Waals surface area contributed by atoms with Crippen molar-refractivity contribution in [2.24, 2.45) is 0 Å². The molecule has 0 aliphatic heterocycles. The Hall–Kier alpha value is -2.63. The number of aromatic nitrogens is 3. The van der Waals surface area contributed by atoms with E-state index >= 15 is 0 Å². The number of fused-ring (bicyclic) bond motifs is 1. The molecule has 90 valence electrons. The van der Waals surface area contributed by atoms with E-state index in [0.29, 0.717) is 11.2 Å². The standard InChI is InChI=1S/C12H9FN4O/c13-7-3-1-4-8-10(7)11(17-16-8)15-12(18)9-5-2-6-14-9/h1-6,14H,(H2,15,16,17,18). The van der Waals surface area contributed by atoms with Gasteiger partial charge in [-0.05, 0) is 24.3 Å². The number of nitrogens with zero attached hydrogens (tertiary/aromatic N) is 1. The fourth-order valence-electron chi connectivity index (χ4n) is 1.77. The Kier molecular flexibility index (Phi) is 2.33. The van der Waals surface area contributed by atoms with Crippen LogP contribution in [0.5, 0.6) is 0 Å². The number of anilines is 1. The van der Waals surface area contributed by atoms with Crippen molar-refractivity contribution < 1.29 is 9.18 Å². The van der Waals surface area contributed by atoms with Crippen LogP contribution in [-0.2, 0) is 0 Å². The molecule has 0 bridgehead atoms. The second kappa shape index (κ2) is 3.99. The van der Waals surface area contributed by atoms with Gasteiger partial charge >= 0.3 is 0 Å². The number of nitrogens with one attached hydrogen (secondary N) is 3.